The molecule has 1 aliphatic heterocycles. The predicted molar refractivity (Wildman–Crippen MR) is 92.9 cm³/mol. The molecule has 1 amide bonds. The Labute approximate surface area is 142 Å². The Morgan fingerprint density at radius 1 is 1.43 bits per heavy atom. The molecule has 0 radical (unpaired) electrons. The van der Waals surface area contributed by atoms with Crippen molar-refractivity contribution in [1.82, 2.24) is 15.1 Å². The summed E-state index contributed by atoms with van der Waals surface area (Å²) in [5.74, 6) is 0.577. The summed E-state index contributed by atoms with van der Waals surface area (Å²) in [4.78, 5) is 14.1. The number of carbonyl (C=O) groups is 1. The number of likely N-dealkylation sites (tertiary alicyclic amines) is 1. The predicted octanol–water partition coefficient (Wildman–Crippen LogP) is 3.55. The first-order valence-electron chi connectivity index (χ1n) is 8.30. The van der Waals surface area contributed by atoms with E-state index in [9.17, 15) is 4.79 Å². The van der Waals surface area contributed by atoms with Gasteiger partial charge in [0.2, 0.25) is 5.13 Å². The van der Waals surface area contributed by atoms with Crippen molar-refractivity contribution in [2.45, 2.75) is 65.5 Å². The van der Waals surface area contributed by atoms with E-state index in [1.165, 1.54) is 0 Å². The minimum absolute atomic E-state index is 0.155. The summed E-state index contributed by atoms with van der Waals surface area (Å²) in [6.07, 6.45) is 2.73. The molecule has 7 heteroatoms. The summed E-state index contributed by atoms with van der Waals surface area (Å²) in [7, 11) is 0. The number of aromatic nitrogens is 2. The van der Waals surface area contributed by atoms with E-state index in [4.69, 9.17) is 4.74 Å². The van der Waals surface area contributed by atoms with Crippen molar-refractivity contribution >= 4 is 22.6 Å². The molecule has 1 aromatic rings. The Balaban J connectivity index is 1.86. The van der Waals surface area contributed by atoms with Gasteiger partial charge in [-0.1, -0.05) is 25.2 Å². The van der Waals surface area contributed by atoms with Gasteiger partial charge in [-0.2, -0.15) is 0 Å². The monoisotopic (exact) mass is 340 g/mol. The van der Waals surface area contributed by atoms with Gasteiger partial charge in [0, 0.05) is 19.5 Å². The van der Waals surface area contributed by atoms with E-state index in [0.717, 1.165) is 35.9 Å². The third-order valence-corrected chi connectivity index (χ3v) is 4.45. The van der Waals surface area contributed by atoms with Gasteiger partial charge in [0.25, 0.3) is 0 Å². The number of hydrogen-bond acceptors (Lipinski definition) is 6. The Kier molecular flexibility index (Phi) is 5.84. The van der Waals surface area contributed by atoms with Crippen LogP contribution in [0.4, 0.5) is 9.93 Å². The molecule has 23 heavy (non-hydrogen) atoms. The van der Waals surface area contributed by atoms with Crippen molar-refractivity contribution in [1.29, 1.82) is 0 Å². The van der Waals surface area contributed by atoms with Crippen LogP contribution in [0.3, 0.4) is 0 Å². The Morgan fingerprint density at radius 3 is 2.83 bits per heavy atom. The Hall–Kier alpha value is -1.37. The maximum absolute atomic E-state index is 12.3. The lowest BCUT2D eigenvalue weighted by Crippen LogP contribution is -2.42. The van der Waals surface area contributed by atoms with Gasteiger partial charge in [0.15, 0.2) is 0 Å². The number of anilines is 1. The highest BCUT2D eigenvalue weighted by atomic mass is 32.1. The summed E-state index contributed by atoms with van der Waals surface area (Å²) in [6, 6.07) is 0.155. The molecule has 0 aromatic carbocycles. The summed E-state index contributed by atoms with van der Waals surface area (Å²) in [5.41, 5.74) is -0.456. The van der Waals surface area contributed by atoms with Crippen molar-refractivity contribution in [3.63, 3.8) is 0 Å². The van der Waals surface area contributed by atoms with E-state index in [1.54, 1.807) is 11.3 Å². The van der Waals surface area contributed by atoms with Crippen LogP contribution in [0.5, 0.6) is 0 Å². The van der Waals surface area contributed by atoms with Crippen molar-refractivity contribution in [2.24, 2.45) is 5.92 Å². The SMILES string of the molecule is CC(C)Cc1nnc(NCC2CCCN2C(=O)OC(C)(C)C)s1. The highest BCUT2D eigenvalue weighted by molar-refractivity contribution is 7.15. The van der Waals surface area contributed by atoms with Crippen molar-refractivity contribution in [3.05, 3.63) is 5.01 Å². The van der Waals surface area contributed by atoms with E-state index in [0.29, 0.717) is 12.5 Å². The first-order chi connectivity index (χ1) is 10.7. The fourth-order valence-corrected chi connectivity index (χ4v) is 3.53. The molecule has 1 N–H and O–H groups in total. The molecular weight excluding hydrogens is 312 g/mol. The van der Waals surface area contributed by atoms with E-state index >= 15 is 0 Å². The lowest BCUT2D eigenvalue weighted by molar-refractivity contribution is 0.0235. The van der Waals surface area contributed by atoms with Crippen molar-refractivity contribution in [2.75, 3.05) is 18.4 Å². The van der Waals surface area contributed by atoms with E-state index < -0.39 is 5.60 Å². The number of ether oxygens (including phenoxy) is 1. The first-order valence-corrected chi connectivity index (χ1v) is 9.12. The minimum Gasteiger partial charge on any atom is -0.444 e. The van der Waals surface area contributed by atoms with Crippen LogP contribution in [0.25, 0.3) is 0 Å². The molecule has 1 aliphatic rings. The lowest BCUT2D eigenvalue weighted by atomic mass is 10.1. The van der Waals surface area contributed by atoms with Gasteiger partial charge in [0.05, 0.1) is 6.04 Å². The number of nitrogens with zero attached hydrogens (tertiary/aromatic N) is 3. The molecule has 0 saturated carbocycles. The normalized spacial score (nSPS) is 18.5. The van der Waals surface area contributed by atoms with Gasteiger partial charge in [-0.3, -0.25) is 0 Å². The van der Waals surface area contributed by atoms with Crippen molar-refractivity contribution < 1.29 is 9.53 Å². The maximum Gasteiger partial charge on any atom is 0.410 e. The molecule has 6 nitrogen and oxygen atoms in total. The average Bonchev–Trinajstić information content (AvgIpc) is 3.02. The first kappa shape index (κ1) is 18.0. The zero-order chi connectivity index (χ0) is 17.0. The van der Waals surface area contributed by atoms with Crippen LogP contribution < -0.4 is 5.32 Å². The molecule has 1 saturated heterocycles. The molecule has 0 spiro atoms. The molecule has 0 aliphatic carbocycles. The Morgan fingerprint density at radius 2 is 2.17 bits per heavy atom. The van der Waals surface area contributed by atoms with Gasteiger partial charge in [-0.05, 0) is 39.5 Å². The molecule has 1 atom stereocenters. The molecule has 2 heterocycles. The summed E-state index contributed by atoms with van der Waals surface area (Å²) in [5, 5.41) is 13.6. The fourth-order valence-electron chi connectivity index (χ4n) is 2.57. The van der Waals surface area contributed by atoms with Gasteiger partial charge < -0.3 is 15.0 Å². The zero-order valence-corrected chi connectivity index (χ0v) is 15.6. The fraction of sp³-hybridized carbons (Fsp3) is 0.812. The van der Waals surface area contributed by atoms with Crippen LogP contribution in [0.2, 0.25) is 0 Å². The van der Waals surface area contributed by atoms with Gasteiger partial charge >= 0.3 is 6.09 Å². The van der Waals surface area contributed by atoms with Crippen LogP contribution >= 0.6 is 11.3 Å². The molecule has 1 unspecified atom stereocenters. The standard InChI is InChI=1S/C16H28N4O2S/c1-11(2)9-13-18-19-14(23-13)17-10-12-7-6-8-20(12)15(21)22-16(3,4)5/h11-12H,6-10H2,1-5H3,(H,17,19). The highest BCUT2D eigenvalue weighted by Gasteiger charge is 2.32. The molecular formula is C16H28N4O2S. The molecule has 2 rings (SSSR count). The van der Waals surface area contributed by atoms with E-state index in [-0.39, 0.29) is 12.1 Å². The van der Waals surface area contributed by atoms with Crippen molar-refractivity contribution in [3.8, 4) is 0 Å². The highest BCUT2D eigenvalue weighted by Crippen LogP contribution is 2.23. The zero-order valence-electron chi connectivity index (χ0n) is 14.8. The summed E-state index contributed by atoms with van der Waals surface area (Å²) in [6.45, 7) is 11.5. The van der Waals surface area contributed by atoms with Gasteiger partial charge in [0.1, 0.15) is 10.6 Å². The summed E-state index contributed by atoms with van der Waals surface area (Å²) < 4.78 is 5.49. The lowest BCUT2D eigenvalue weighted by Gasteiger charge is -2.28. The maximum atomic E-state index is 12.3. The second-order valence-electron chi connectivity index (χ2n) is 7.45. The van der Waals surface area contributed by atoms with Crippen LogP contribution in [-0.2, 0) is 11.2 Å². The second kappa shape index (κ2) is 7.47. The molecule has 1 fully saturated rings. The van der Waals surface area contributed by atoms with Gasteiger partial charge in [-0.25, -0.2) is 4.79 Å². The van der Waals surface area contributed by atoms with Crippen LogP contribution in [0.1, 0.15) is 52.5 Å². The smallest absolute Gasteiger partial charge is 0.410 e. The third kappa shape index (κ3) is 5.64. The molecule has 130 valence electrons. The molecule has 0 bridgehead atoms. The Bertz CT molecular complexity index is 524. The third-order valence-electron chi connectivity index (χ3n) is 3.54. The van der Waals surface area contributed by atoms with Gasteiger partial charge in [-0.15, -0.1) is 10.2 Å². The quantitative estimate of drug-likeness (QED) is 0.888. The number of hydrogen-bond donors (Lipinski definition) is 1. The van der Waals surface area contributed by atoms with E-state index in [1.807, 2.05) is 25.7 Å². The topological polar surface area (TPSA) is 67.4 Å². The average molecular weight is 340 g/mol. The molecule has 1 aromatic heterocycles. The minimum atomic E-state index is -0.456. The van der Waals surface area contributed by atoms with Crippen LogP contribution in [0.15, 0.2) is 0 Å². The largest absolute Gasteiger partial charge is 0.444 e. The van der Waals surface area contributed by atoms with Crippen LogP contribution in [0, 0.1) is 5.92 Å². The van der Waals surface area contributed by atoms with Crippen LogP contribution in [-0.4, -0.2) is 45.9 Å². The number of nitrogens with one attached hydrogen (secondary N) is 1. The number of amides is 1. The second-order valence-corrected chi connectivity index (χ2v) is 8.51. The van der Waals surface area contributed by atoms with E-state index in [2.05, 4.69) is 29.4 Å². The summed E-state index contributed by atoms with van der Waals surface area (Å²) >= 11 is 1.60. The number of carbonyl (C=O) groups excluding carboxylic acids is 1. The number of rotatable bonds is 5.